The molecule has 0 aliphatic rings. The van der Waals surface area contributed by atoms with Crippen LogP contribution in [0.15, 0.2) is 34.9 Å². The van der Waals surface area contributed by atoms with Crippen molar-refractivity contribution in [2.45, 2.75) is 6.92 Å². The largest absolute Gasteiger partial charge is 0.478 e. The number of carbonyl (C=O) groups is 1. The van der Waals surface area contributed by atoms with Crippen molar-refractivity contribution in [3.63, 3.8) is 0 Å². The predicted octanol–water partition coefficient (Wildman–Crippen LogP) is 2.64. The summed E-state index contributed by atoms with van der Waals surface area (Å²) in [6.45, 7) is 1.73. The Labute approximate surface area is 101 Å². The van der Waals surface area contributed by atoms with Crippen molar-refractivity contribution in [3.05, 3.63) is 46.2 Å². The summed E-state index contributed by atoms with van der Waals surface area (Å²) in [5.74, 6) is -0.962. The van der Waals surface area contributed by atoms with E-state index in [1.54, 1.807) is 11.6 Å². The molecule has 1 aromatic carbocycles. The van der Waals surface area contributed by atoms with Gasteiger partial charge in [0.15, 0.2) is 0 Å². The quantitative estimate of drug-likeness (QED) is 0.920. The molecule has 0 bridgehead atoms. The molecule has 0 saturated heterocycles. The number of nitrogens with zero attached hydrogens (tertiary/aromatic N) is 2. The number of hydrogen-bond donors (Lipinski definition) is 1. The minimum Gasteiger partial charge on any atom is -0.478 e. The van der Waals surface area contributed by atoms with Crippen LogP contribution >= 0.6 is 15.9 Å². The summed E-state index contributed by atoms with van der Waals surface area (Å²) in [7, 11) is 0. The number of halogens is 1. The van der Waals surface area contributed by atoms with Crippen molar-refractivity contribution in [2.75, 3.05) is 0 Å². The van der Waals surface area contributed by atoms with Crippen LogP contribution in [0, 0.1) is 6.92 Å². The van der Waals surface area contributed by atoms with Crippen LogP contribution < -0.4 is 0 Å². The molecule has 0 fully saturated rings. The molecule has 5 heteroatoms. The average Bonchev–Trinajstić information content (AvgIpc) is 2.61. The minimum absolute atomic E-state index is 0.218. The van der Waals surface area contributed by atoms with Gasteiger partial charge in [0.05, 0.1) is 17.6 Å². The van der Waals surface area contributed by atoms with Gasteiger partial charge in [-0.3, -0.25) is 0 Å². The molecule has 0 unspecified atom stereocenters. The van der Waals surface area contributed by atoms with Crippen LogP contribution in [-0.4, -0.2) is 20.9 Å². The van der Waals surface area contributed by atoms with Crippen LogP contribution in [0.2, 0.25) is 0 Å². The van der Waals surface area contributed by atoms with Crippen molar-refractivity contribution < 1.29 is 9.90 Å². The van der Waals surface area contributed by atoms with Crippen LogP contribution in [0.1, 0.15) is 16.1 Å². The maximum absolute atomic E-state index is 10.9. The zero-order chi connectivity index (χ0) is 11.7. The lowest BCUT2D eigenvalue weighted by atomic mass is 10.2. The van der Waals surface area contributed by atoms with E-state index in [0.29, 0.717) is 5.69 Å². The molecule has 0 aliphatic heterocycles. The topological polar surface area (TPSA) is 55.1 Å². The lowest BCUT2D eigenvalue weighted by Gasteiger charge is -2.06. The normalized spacial score (nSPS) is 10.4. The molecule has 2 aromatic rings. The van der Waals surface area contributed by atoms with E-state index in [4.69, 9.17) is 5.11 Å². The molecule has 0 amide bonds. The summed E-state index contributed by atoms with van der Waals surface area (Å²) in [5, 5.41) is 13.0. The van der Waals surface area contributed by atoms with Gasteiger partial charge < -0.3 is 5.11 Å². The van der Waals surface area contributed by atoms with Crippen LogP contribution in [0.5, 0.6) is 0 Å². The lowest BCUT2D eigenvalue weighted by molar-refractivity contribution is 0.0696. The molecule has 0 radical (unpaired) electrons. The molecule has 1 heterocycles. The van der Waals surface area contributed by atoms with E-state index < -0.39 is 5.97 Å². The molecule has 82 valence electrons. The first-order valence-corrected chi connectivity index (χ1v) is 5.43. The Hall–Kier alpha value is -1.62. The second-order valence-electron chi connectivity index (χ2n) is 3.31. The monoisotopic (exact) mass is 280 g/mol. The van der Waals surface area contributed by atoms with Gasteiger partial charge in [0.2, 0.25) is 0 Å². The molecule has 0 aliphatic carbocycles. The summed E-state index contributed by atoms with van der Waals surface area (Å²) < 4.78 is 2.48. The van der Waals surface area contributed by atoms with Crippen LogP contribution in [0.4, 0.5) is 0 Å². The third kappa shape index (κ3) is 1.74. The Morgan fingerprint density at radius 1 is 1.44 bits per heavy atom. The summed E-state index contributed by atoms with van der Waals surface area (Å²) in [5.41, 5.74) is 1.66. The summed E-state index contributed by atoms with van der Waals surface area (Å²) >= 11 is 3.41. The maximum Gasteiger partial charge on any atom is 0.339 e. The Morgan fingerprint density at radius 3 is 2.69 bits per heavy atom. The summed E-state index contributed by atoms with van der Waals surface area (Å²) in [6, 6.07) is 7.53. The van der Waals surface area contributed by atoms with E-state index in [9.17, 15) is 4.79 Å². The van der Waals surface area contributed by atoms with E-state index in [2.05, 4.69) is 21.0 Å². The number of aromatic carboxylic acids is 1. The lowest BCUT2D eigenvalue weighted by Crippen LogP contribution is -2.02. The van der Waals surface area contributed by atoms with Gasteiger partial charge in [-0.05, 0) is 35.0 Å². The summed E-state index contributed by atoms with van der Waals surface area (Å²) in [6.07, 6.45) is 1.36. The third-order valence-electron chi connectivity index (χ3n) is 2.32. The Bertz CT molecular complexity index is 549. The smallest absolute Gasteiger partial charge is 0.339 e. The van der Waals surface area contributed by atoms with E-state index >= 15 is 0 Å². The van der Waals surface area contributed by atoms with Crippen LogP contribution in [0.3, 0.4) is 0 Å². The standard InChI is InChI=1S/C11H9BrN2O2/c1-7-8(11(15)16)6-13-14(7)10-5-3-2-4-9(10)12/h2-6H,1H3,(H,15,16). The van der Waals surface area contributed by atoms with Gasteiger partial charge in [0.1, 0.15) is 5.56 Å². The number of para-hydroxylation sites is 1. The fraction of sp³-hybridized carbons (Fsp3) is 0.0909. The van der Waals surface area contributed by atoms with Crippen molar-refractivity contribution >= 4 is 21.9 Å². The first-order chi connectivity index (χ1) is 7.61. The zero-order valence-electron chi connectivity index (χ0n) is 8.51. The van der Waals surface area contributed by atoms with Crippen molar-refractivity contribution in [3.8, 4) is 5.69 Å². The SMILES string of the molecule is Cc1c(C(=O)O)cnn1-c1ccccc1Br. The number of carboxylic acid groups (broad SMARTS) is 1. The molecule has 16 heavy (non-hydrogen) atoms. The molecule has 0 saturated carbocycles. The molecular weight excluding hydrogens is 272 g/mol. The van der Waals surface area contributed by atoms with Gasteiger partial charge >= 0.3 is 5.97 Å². The highest BCUT2D eigenvalue weighted by Gasteiger charge is 2.14. The first-order valence-electron chi connectivity index (χ1n) is 4.64. The second kappa shape index (κ2) is 4.09. The van der Waals surface area contributed by atoms with Crippen molar-refractivity contribution in [2.24, 2.45) is 0 Å². The Balaban J connectivity index is 2.58. The molecule has 0 atom stereocenters. The summed E-state index contributed by atoms with van der Waals surface area (Å²) in [4.78, 5) is 10.9. The van der Waals surface area contributed by atoms with Crippen LogP contribution in [0.25, 0.3) is 5.69 Å². The molecule has 1 aromatic heterocycles. The fourth-order valence-corrected chi connectivity index (χ4v) is 1.94. The number of carboxylic acids is 1. The fourth-order valence-electron chi connectivity index (χ4n) is 1.49. The van der Waals surface area contributed by atoms with E-state index in [-0.39, 0.29) is 5.56 Å². The van der Waals surface area contributed by atoms with E-state index in [0.717, 1.165) is 10.2 Å². The highest BCUT2D eigenvalue weighted by molar-refractivity contribution is 9.10. The second-order valence-corrected chi connectivity index (χ2v) is 4.17. The van der Waals surface area contributed by atoms with Gasteiger partial charge in [-0.2, -0.15) is 5.10 Å². The maximum atomic E-state index is 10.9. The van der Waals surface area contributed by atoms with E-state index in [1.807, 2.05) is 24.3 Å². The van der Waals surface area contributed by atoms with Crippen LogP contribution in [-0.2, 0) is 0 Å². The molecule has 1 N–H and O–H groups in total. The van der Waals surface area contributed by atoms with Gasteiger partial charge in [-0.1, -0.05) is 12.1 Å². The number of hydrogen-bond acceptors (Lipinski definition) is 2. The highest BCUT2D eigenvalue weighted by atomic mass is 79.9. The predicted molar refractivity (Wildman–Crippen MR) is 63.0 cm³/mol. The van der Waals surface area contributed by atoms with Gasteiger partial charge in [-0.25, -0.2) is 9.48 Å². The molecule has 4 nitrogen and oxygen atoms in total. The Morgan fingerprint density at radius 2 is 2.12 bits per heavy atom. The zero-order valence-corrected chi connectivity index (χ0v) is 10.1. The van der Waals surface area contributed by atoms with E-state index in [1.165, 1.54) is 6.20 Å². The molecule has 0 spiro atoms. The van der Waals surface area contributed by atoms with Crippen molar-refractivity contribution in [1.82, 2.24) is 9.78 Å². The van der Waals surface area contributed by atoms with Gasteiger partial charge in [0.25, 0.3) is 0 Å². The number of aromatic nitrogens is 2. The van der Waals surface area contributed by atoms with Crippen molar-refractivity contribution in [1.29, 1.82) is 0 Å². The van der Waals surface area contributed by atoms with Gasteiger partial charge in [0, 0.05) is 4.47 Å². The molecular formula is C11H9BrN2O2. The third-order valence-corrected chi connectivity index (χ3v) is 2.99. The molecule has 2 rings (SSSR count). The Kier molecular flexibility index (Phi) is 2.78. The minimum atomic E-state index is -0.962. The number of benzene rings is 1. The number of rotatable bonds is 2. The van der Waals surface area contributed by atoms with Gasteiger partial charge in [-0.15, -0.1) is 0 Å². The highest BCUT2D eigenvalue weighted by Crippen LogP contribution is 2.22. The first kappa shape index (κ1) is 10.9. The average molecular weight is 281 g/mol.